The molecule has 0 aliphatic rings. The third kappa shape index (κ3) is 48.0. The molecule has 356 valence electrons. The Labute approximate surface area is 372 Å². The monoisotopic (exact) mass is 870 g/mol. The summed E-state index contributed by atoms with van der Waals surface area (Å²) < 4.78 is 33.6. The highest BCUT2D eigenvalue weighted by atomic mass is 31.2. The van der Waals surface area contributed by atoms with Crippen LogP contribution >= 0.6 is 7.82 Å². The molecule has 0 aromatic heterocycles. The Morgan fingerprint density at radius 2 is 0.883 bits per heavy atom. The molecule has 8 nitrogen and oxygen atoms in total. The van der Waals surface area contributed by atoms with Gasteiger partial charge in [0.1, 0.15) is 6.10 Å². The van der Waals surface area contributed by atoms with Crippen molar-refractivity contribution < 1.29 is 32.8 Å². The maximum Gasteiger partial charge on any atom is 0.472 e. The summed E-state index contributed by atoms with van der Waals surface area (Å²) >= 11 is 0. The minimum absolute atomic E-state index is 0.0960. The second-order valence-corrected chi connectivity index (χ2v) is 18.8. The predicted molar refractivity (Wildman–Crippen MR) is 257 cm³/mol. The zero-order valence-corrected chi connectivity index (χ0v) is 40.6. The number of esters is 1. The maximum absolute atomic E-state index is 12.6. The van der Waals surface area contributed by atoms with Crippen LogP contribution in [0.3, 0.4) is 0 Å². The Hall–Kier alpha value is -1.02. The van der Waals surface area contributed by atoms with Crippen LogP contribution in [0.5, 0.6) is 0 Å². The summed E-state index contributed by atoms with van der Waals surface area (Å²) in [7, 11) is -4.28. The molecule has 0 radical (unpaired) electrons. The van der Waals surface area contributed by atoms with Gasteiger partial charge in [0.05, 0.1) is 19.8 Å². The molecule has 0 fully saturated rings. The van der Waals surface area contributed by atoms with Gasteiger partial charge in [-0.2, -0.15) is 0 Å². The first-order valence-corrected chi connectivity index (χ1v) is 27.3. The number of allylic oxidation sites excluding steroid dienone is 4. The van der Waals surface area contributed by atoms with Gasteiger partial charge in [0.15, 0.2) is 0 Å². The number of carbonyl (C=O) groups is 1. The number of unbranched alkanes of at least 4 members (excludes halogenated alkanes) is 33. The normalized spacial score (nSPS) is 13.5. The predicted octanol–water partition coefficient (Wildman–Crippen LogP) is 16.0. The zero-order chi connectivity index (χ0) is 43.7. The molecule has 2 unspecified atom stereocenters. The number of rotatable bonds is 50. The molecule has 3 N–H and O–H groups in total. The van der Waals surface area contributed by atoms with Crippen LogP contribution in [0.4, 0.5) is 0 Å². The van der Waals surface area contributed by atoms with Gasteiger partial charge in [-0.3, -0.25) is 13.8 Å². The van der Waals surface area contributed by atoms with E-state index in [1.54, 1.807) is 0 Å². The van der Waals surface area contributed by atoms with Crippen LogP contribution in [-0.4, -0.2) is 49.9 Å². The van der Waals surface area contributed by atoms with E-state index >= 15 is 0 Å². The van der Waals surface area contributed by atoms with Crippen molar-refractivity contribution in [1.82, 2.24) is 0 Å². The number of carbonyl (C=O) groups excluding carboxylic acids is 1. The molecule has 9 heteroatoms. The summed E-state index contributed by atoms with van der Waals surface area (Å²) in [5, 5.41) is 0. The lowest BCUT2D eigenvalue weighted by atomic mass is 10.0. The highest BCUT2D eigenvalue weighted by Gasteiger charge is 2.25. The molecule has 0 saturated carbocycles. The molecule has 0 aromatic rings. The van der Waals surface area contributed by atoms with E-state index in [0.29, 0.717) is 13.0 Å². The lowest BCUT2D eigenvalue weighted by Gasteiger charge is -2.20. The van der Waals surface area contributed by atoms with Crippen molar-refractivity contribution in [3.8, 4) is 0 Å². The number of hydrogen-bond donors (Lipinski definition) is 2. The first-order valence-electron chi connectivity index (χ1n) is 25.8. The largest absolute Gasteiger partial charge is 0.472 e. The van der Waals surface area contributed by atoms with Crippen molar-refractivity contribution in [1.29, 1.82) is 0 Å². The molecular weight excluding hydrogens is 770 g/mol. The molecule has 0 spiro atoms. The Bertz CT molecular complexity index is 977. The highest BCUT2D eigenvalue weighted by Crippen LogP contribution is 2.43. The molecule has 0 aliphatic carbocycles. The van der Waals surface area contributed by atoms with Crippen LogP contribution in [0.2, 0.25) is 0 Å². The van der Waals surface area contributed by atoms with Crippen LogP contribution in [0.25, 0.3) is 0 Å². The van der Waals surface area contributed by atoms with Crippen LogP contribution in [0.15, 0.2) is 24.3 Å². The van der Waals surface area contributed by atoms with E-state index in [4.69, 9.17) is 24.3 Å². The topological polar surface area (TPSA) is 117 Å². The molecule has 0 aromatic carbocycles. The zero-order valence-electron chi connectivity index (χ0n) is 39.7. The Balaban J connectivity index is 3.87. The lowest BCUT2D eigenvalue weighted by Crippen LogP contribution is -2.28. The van der Waals surface area contributed by atoms with Gasteiger partial charge in [-0.15, -0.1) is 0 Å². The number of phosphoric ester groups is 1. The van der Waals surface area contributed by atoms with Crippen LogP contribution < -0.4 is 5.73 Å². The lowest BCUT2D eigenvalue weighted by molar-refractivity contribution is -0.154. The average molecular weight is 870 g/mol. The maximum atomic E-state index is 12.6. The second-order valence-electron chi connectivity index (χ2n) is 17.4. The standard InChI is InChI=1S/C51H100NO7P/c1-3-5-7-9-11-13-15-17-19-21-22-23-24-25-26-27-28-29-31-33-35-37-39-41-43-46-56-48-50(49-58-60(54,55)57-47-45-52)59-51(53)44-42-40-38-36-34-32-30-20-18-16-14-12-10-8-6-4-2/h14,16,20,30,50H,3-13,15,17-19,21-29,31-49,52H2,1-2H3,(H,54,55)/b16-14-,30-20-. The summed E-state index contributed by atoms with van der Waals surface area (Å²) in [6.45, 7) is 4.94. The molecule has 2 atom stereocenters. The van der Waals surface area contributed by atoms with Crippen molar-refractivity contribution >= 4 is 13.8 Å². The summed E-state index contributed by atoms with van der Waals surface area (Å²) in [4.78, 5) is 22.6. The van der Waals surface area contributed by atoms with Gasteiger partial charge in [0.2, 0.25) is 0 Å². The summed E-state index contributed by atoms with van der Waals surface area (Å²) in [6, 6.07) is 0. The van der Waals surface area contributed by atoms with Gasteiger partial charge < -0.3 is 20.1 Å². The Morgan fingerprint density at radius 3 is 1.32 bits per heavy atom. The SMILES string of the molecule is CCCCCC/C=C\C/C=C\CCCCCCCC(=O)OC(COCCCCCCCCCCCCCCCCCCCCCCCCCCC)COP(=O)(O)OCCN. The van der Waals surface area contributed by atoms with Crippen LogP contribution in [0, 0.1) is 0 Å². The molecular formula is C51H100NO7P. The summed E-state index contributed by atoms with van der Waals surface area (Å²) in [5.74, 6) is -0.339. The quantitative estimate of drug-likeness (QED) is 0.0269. The molecule has 0 bridgehead atoms. The molecule has 0 aliphatic heterocycles. The fourth-order valence-electron chi connectivity index (χ4n) is 7.56. The van der Waals surface area contributed by atoms with E-state index in [2.05, 4.69) is 38.2 Å². The average Bonchev–Trinajstić information content (AvgIpc) is 3.24. The molecule has 60 heavy (non-hydrogen) atoms. The first kappa shape index (κ1) is 59.0. The van der Waals surface area contributed by atoms with E-state index < -0.39 is 13.9 Å². The summed E-state index contributed by atoms with van der Waals surface area (Å²) in [6.07, 6.45) is 56.5. The van der Waals surface area contributed by atoms with Crippen molar-refractivity contribution in [3.63, 3.8) is 0 Å². The number of ether oxygens (including phenoxy) is 2. The van der Waals surface area contributed by atoms with Gasteiger partial charge in [-0.25, -0.2) is 4.57 Å². The van der Waals surface area contributed by atoms with Gasteiger partial charge >= 0.3 is 13.8 Å². The van der Waals surface area contributed by atoms with Gasteiger partial charge in [0, 0.05) is 19.6 Å². The Kier molecular flexibility index (Phi) is 48.2. The van der Waals surface area contributed by atoms with Gasteiger partial charge in [0.25, 0.3) is 0 Å². The second kappa shape index (κ2) is 49.0. The Morgan fingerprint density at radius 1 is 0.500 bits per heavy atom. The van der Waals surface area contributed by atoms with Crippen molar-refractivity contribution in [2.75, 3.05) is 33.0 Å². The molecule has 0 amide bonds. The van der Waals surface area contributed by atoms with Crippen molar-refractivity contribution in [3.05, 3.63) is 24.3 Å². The minimum Gasteiger partial charge on any atom is -0.457 e. The van der Waals surface area contributed by atoms with Gasteiger partial charge in [-0.1, -0.05) is 231 Å². The highest BCUT2D eigenvalue weighted by molar-refractivity contribution is 7.47. The fourth-order valence-corrected chi connectivity index (χ4v) is 8.32. The van der Waals surface area contributed by atoms with E-state index in [1.807, 2.05) is 0 Å². The molecule has 0 rings (SSSR count). The minimum atomic E-state index is -4.28. The van der Waals surface area contributed by atoms with Crippen LogP contribution in [-0.2, 0) is 27.9 Å². The first-order chi connectivity index (χ1) is 29.4. The van der Waals surface area contributed by atoms with E-state index in [0.717, 1.165) is 57.8 Å². The third-order valence-corrected chi connectivity index (χ3v) is 12.4. The third-order valence-electron chi connectivity index (χ3n) is 11.4. The number of phosphoric acid groups is 1. The number of hydrogen-bond acceptors (Lipinski definition) is 7. The fraction of sp³-hybridized carbons (Fsp3) is 0.902. The van der Waals surface area contributed by atoms with E-state index in [1.165, 1.54) is 180 Å². The van der Waals surface area contributed by atoms with Crippen LogP contribution in [0.1, 0.15) is 258 Å². The van der Waals surface area contributed by atoms with E-state index in [-0.39, 0.29) is 32.3 Å². The molecule has 0 saturated heterocycles. The summed E-state index contributed by atoms with van der Waals surface area (Å²) in [5.41, 5.74) is 5.39. The number of nitrogens with two attached hydrogens (primary N) is 1. The van der Waals surface area contributed by atoms with Crippen molar-refractivity contribution in [2.45, 2.75) is 264 Å². The smallest absolute Gasteiger partial charge is 0.457 e. The van der Waals surface area contributed by atoms with Gasteiger partial charge in [-0.05, 0) is 44.9 Å². The van der Waals surface area contributed by atoms with Crippen molar-refractivity contribution in [2.24, 2.45) is 5.73 Å². The van der Waals surface area contributed by atoms with E-state index in [9.17, 15) is 14.3 Å². The molecule has 0 heterocycles.